The average molecular weight is 471 g/mol. The van der Waals surface area contributed by atoms with Crippen LogP contribution < -0.4 is 5.73 Å². The second-order valence-electron chi connectivity index (χ2n) is 7.38. The molecular weight excluding hydrogens is 438 g/mol. The lowest BCUT2D eigenvalue weighted by molar-refractivity contribution is -0.318. The summed E-state index contributed by atoms with van der Waals surface area (Å²) in [6.45, 7) is -1.10. The average Bonchev–Trinajstić information content (AvgIpc) is 2.77. The number of carboxylic acid groups (broad SMARTS) is 1. The van der Waals surface area contributed by atoms with Crippen molar-refractivity contribution < 1.29 is 63.9 Å². The SMILES string of the molecule is NCCOC1OCC(OC(OC(CO)C(=O)O)C(O)COC2OCCCC2O)C(O)C1O. The van der Waals surface area contributed by atoms with E-state index >= 15 is 0 Å². The third kappa shape index (κ3) is 7.79. The van der Waals surface area contributed by atoms with Crippen LogP contribution in [-0.4, -0.2) is 132 Å². The molecule has 188 valence electrons. The first-order chi connectivity index (χ1) is 15.3. The highest BCUT2D eigenvalue weighted by atomic mass is 16.7. The van der Waals surface area contributed by atoms with Crippen LogP contribution in [0.5, 0.6) is 0 Å². The number of aliphatic hydroxyl groups excluding tert-OH is 5. The number of nitrogens with two attached hydrogens (primary N) is 1. The third-order valence-electron chi connectivity index (χ3n) is 4.87. The van der Waals surface area contributed by atoms with E-state index in [2.05, 4.69) is 0 Å². The van der Waals surface area contributed by atoms with Gasteiger partial charge < -0.3 is 64.8 Å². The molecule has 2 rings (SSSR count). The Hall–Kier alpha value is -1.01. The van der Waals surface area contributed by atoms with Crippen LogP contribution in [0, 0.1) is 0 Å². The van der Waals surface area contributed by atoms with Crippen LogP contribution in [0.15, 0.2) is 0 Å². The number of aliphatic carboxylic acids is 1. The van der Waals surface area contributed by atoms with Crippen molar-refractivity contribution in [2.45, 2.75) is 68.3 Å². The summed E-state index contributed by atoms with van der Waals surface area (Å²) < 4.78 is 31.8. The maximum Gasteiger partial charge on any atom is 0.335 e. The summed E-state index contributed by atoms with van der Waals surface area (Å²) in [5.74, 6) is -1.52. The number of aliphatic hydroxyl groups is 5. The van der Waals surface area contributed by atoms with E-state index in [0.717, 1.165) is 0 Å². The normalized spacial score (nSPS) is 34.1. The fourth-order valence-electron chi connectivity index (χ4n) is 3.12. The van der Waals surface area contributed by atoms with Gasteiger partial charge in [0.25, 0.3) is 0 Å². The summed E-state index contributed by atoms with van der Waals surface area (Å²) in [4.78, 5) is 11.2. The minimum Gasteiger partial charge on any atom is -0.479 e. The van der Waals surface area contributed by atoms with E-state index in [1.165, 1.54) is 0 Å². The van der Waals surface area contributed by atoms with E-state index in [-0.39, 0.29) is 19.8 Å². The molecule has 0 amide bonds. The van der Waals surface area contributed by atoms with Crippen molar-refractivity contribution in [3.63, 3.8) is 0 Å². The van der Waals surface area contributed by atoms with Crippen LogP contribution in [0.25, 0.3) is 0 Å². The number of rotatable bonds is 13. The van der Waals surface area contributed by atoms with Crippen LogP contribution >= 0.6 is 0 Å². The lowest BCUT2D eigenvalue weighted by Gasteiger charge is -2.39. The van der Waals surface area contributed by atoms with E-state index in [1.54, 1.807) is 0 Å². The zero-order valence-corrected chi connectivity index (χ0v) is 17.5. The van der Waals surface area contributed by atoms with Gasteiger partial charge in [-0.25, -0.2) is 4.79 Å². The maximum absolute atomic E-state index is 11.2. The fourth-order valence-corrected chi connectivity index (χ4v) is 3.12. The first-order valence-electron chi connectivity index (χ1n) is 10.3. The van der Waals surface area contributed by atoms with E-state index in [1.807, 2.05) is 0 Å². The predicted molar refractivity (Wildman–Crippen MR) is 102 cm³/mol. The Morgan fingerprint density at radius 2 is 1.88 bits per heavy atom. The number of hydrogen-bond acceptors (Lipinski definition) is 13. The number of ether oxygens (including phenoxy) is 6. The Labute approximate surface area is 184 Å². The monoisotopic (exact) mass is 471 g/mol. The Morgan fingerprint density at radius 1 is 1.12 bits per heavy atom. The van der Waals surface area contributed by atoms with Crippen LogP contribution in [0.3, 0.4) is 0 Å². The van der Waals surface area contributed by atoms with Gasteiger partial charge in [-0.3, -0.25) is 0 Å². The zero-order chi connectivity index (χ0) is 23.7. The standard InChI is InChI=1S/C18H33NO13/c19-3-5-28-18-14(24)13(23)12(8-30-18)32-17(31-11(6-20)15(25)26)10(22)7-29-16-9(21)2-1-4-27-16/h9-14,16-18,20-24H,1-8,19H2,(H,25,26). The molecule has 9 atom stereocenters. The molecule has 2 aliphatic rings. The number of carbonyl (C=O) groups is 1. The molecule has 9 unspecified atom stereocenters. The van der Waals surface area contributed by atoms with Gasteiger partial charge in [0.05, 0.1) is 26.4 Å². The molecule has 2 fully saturated rings. The lowest BCUT2D eigenvalue weighted by atomic mass is 10.1. The molecule has 0 aliphatic carbocycles. The van der Waals surface area contributed by atoms with Crippen LogP contribution in [-0.2, 0) is 33.2 Å². The van der Waals surface area contributed by atoms with Gasteiger partial charge in [-0.05, 0) is 12.8 Å². The molecule has 14 nitrogen and oxygen atoms in total. The van der Waals surface area contributed by atoms with Gasteiger partial charge in [0, 0.05) is 13.2 Å². The first kappa shape index (κ1) is 27.2. The highest BCUT2D eigenvalue weighted by Gasteiger charge is 2.42. The Morgan fingerprint density at radius 3 is 2.50 bits per heavy atom. The second-order valence-corrected chi connectivity index (χ2v) is 7.38. The largest absolute Gasteiger partial charge is 0.479 e. The van der Waals surface area contributed by atoms with Crippen LogP contribution in [0.4, 0.5) is 0 Å². The van der Waals surface area contributed by atoms with Crippen molar-refractivity contribution in [3.05, 3.63) is 0 Å². The van der Waals surface area contributed by atoms with Crippen molar-refractivity contribution in [1.29, 1.82) is 0 Å². The molecule has 2 aliphatic heterocycles. The summed E-state index contributed by atoms with van der Waals surface area (Å²) in [5, 5.41) is 59.3. The van der Waals surface area contributed by atoms with Gasteiger partial charge in [0.1, 0.15) is 30.5 Å². The van der Waals surface area contributed by atoms with E-state index < -0.39 is 74.7 Å². The van der Waals surface area contributed by atoms with Gasteiger partial charge in [-0.1, -0.05) is 0 Å². The minimum atomic E-state index is -1.75. The van der Waals surface area contributed by atoms with Crippen molar-refractivity contribution >= 4 is 5.97 Å². The maximum atomic E-state index is 11.2. The quantitative estimate of drug-likeness (QED) is 0.128. The Kier molecular flexibility index (Phi) is 11.6. The molecule has 0 aromatic rings. The zero-order valence-electron chi connectivity index (χ0n) is 17.5. The number of hydrogen-bond donors (Lipinski definition) is 7. The van der Waals surface area contributed by atoms with Gasteiger partial charge in [0.2, 0.25) is 0 Å². The second kappa shape index (κ2) is 13.6. The van der Waals surface area contributed by atoms with Crippen molar-refractivity contribution in [3.8, 4) is 0 Å². The molecule has 0 aromatic heterocycles. The summed E-state index contributed by atoms with van der Waals surface area (Å²) in [5.41, 5.74) is 5.33. The van der Waals surface area contributed by atoms with Crippen LogP contribution in [0.2, 0.25) is 0 Å². The molecule has 2 heterocycles. The first-order valence-corrected chi connectivity index (χ1v) is 10.3. The van der Waals surface area contributed by atoms with Gasteiger partial charge in [-0.15, -0.1) is 0 Å². The summed E-state index contributed by atoms with van der Waals surface area (Å²) in [6.07, 6.45) is -11.3. The predicted octanol–water partition coefficient (Wildman–Crippen LogP) is -3.91. The smallest absolute Gasteiger partial charge is 0.335 e. The highest BCUT2D eigenvalue weighted by Crippen LogP contribution is 2.22. The topological polar surface area (TPSA) is 220 Å². The Bertz CT molecular complexity index is 555. The molecule has 0 aromatic carbocycles. The number of carboxylic acids is 1. The molecule has 0 spiro atoms. The van der Waals surface area contributed by atoms with Gasteiger partial charge in [0.15, 0.2) is 25.0 Å². The van der Waals surface area contributed by atoms with E-state index in [9.17, 15) is 30.3 Å². The minimum absolute atomic E-state index is 0.0770. The van der Waals surface area contributed by atoms with E-state index in [0.29, 0.717) is 19.4 Å². The van der Waals surface area contributed by atoms with Gasteiger partial charge in [-0.2, -0.15) is 0 Å². The fraction of sp³-hybridized carbons (Fsp3) is 0.944. The molecule has 0 saturated carbocycles. The third-order valence-corrected chi connectivity index (χ3v) is 4.87. The van der Waals surface area contributed by atoms with Crippen molar-refractivity contribution in [2.24, 2.45) is 5.73 Å². The molecule has 0 radical (unpaired) electrons. The molecule has 8 N–H and O–H groups in total. The summed E-state index contributed by atoms with van der Waals surface area (Å²) in [7, 11) is 0. The molecule has 0 bridgehead atoms. The highest BCUT2D eigenvalue weighted by molar-refractivity contribution is 5.72. The summed E-state index contributed by atoms with van der Waals surface area (Å²) >= 11 is 0. The Balaban J connectivity index is 2.01. The van der Waals surface area contributed by atoms with Gasteiger partial charge >= 0.3 is 5.97 Å². The van der Waals surface area contributed by atoms with Crippen molar-refractivity contribution in [2.75, 3.05) is 39.6 Å². The lowest BCUT2D eigenvalue weighted by Crippen LogP contribution is -2.57. The summed E-state index contributed by atoms with van der Waals surface area (Å²) in [6, 6.07) is 0. The molecular formula is C18H33NO13. The van der Waals surface area contributed by atoms with Crippen molar-refractivity contribution in [1.82, 2.24) is 0 Å². The molecule has 2 saturated heterocycles. The van der Waals surface area contributed by atoms with E-state index in [4.69, 9.17) is 39.3 Å². The van der Waals surface area contributed by atoms with Crippen LogP contribution in [0.1, 0.15) is 12.8 Å². The molecule has 14 heteroatoms. The molecule has 32 heavy (non-hydrogen) atoms.